The van der Waals surface area contributed by atoms with E-state index in [0.717, 1.165) is 12.8 Å². The predicted molar refractivity (Wildman–Crippen MR) is 75.6 cm³/mol. The van der Waals surface area contributed by atoms with E-state index < -0.39 is 16.0 Å². The molecule has 108 valence electrons. The summed E-state index contributed by atoms with van der Waals surface area (Å²) in [4.78, 5) is 11.7. The molecule has 0 aromatic heterocycles. The Balaban J connectivity index is 2.44. The van der Waals surface area contributed by atoms with Gasteiger partial charge in [-0.2, -0.15) is 0 Å². The number of unbranched alkanes of at least 4 members (excludes halogenated alkanes) is 1. The lowest BCUT2D eigenvalue weighted by Gasteiger charge is -2.25. The van der Waals surface area contributed by atoms with Crippen molar-refractivity contribution in [3.8, 4) is 0 Å². The fourth-order valence-corrected chi connectivity index (χ4v) is 3.57. The van der Waals surface area contributed by atoms with Crippen LogP contribution in [-0.4, -0.2) is 32.3 Å². The summed E-state index contributed by atoms with van der Waals surface area (Å²) in [6, 6.07) is 4.55. The van der Waals surface area contributed by atoms with E-state index in [4.69, 9.17) is 0 Å². The van der Waals surface area contributed by atoms with E-state index in [-0.39, 0.29) is 10.5 Å². The lowest BCUT2D eigenvalue weighted by molar-refractivity contribution is 0.0600. The number of hydrogen-bond acceptors (Lipinski definition) is 4. The molecule has 0 unspecified atom stereocenters. The average molecular weight is 295 g/mol. The van der Waals surface area contributed by atoms with Crippen LogP contribution >= 0.6 is 0 Å². The number of sulfonamides is 1. The van der Waals surface area contributed by atoms with Crippen molar-refractivity contribution < 1.29 is 17.9 Å². The van der Waals surface area contributed by atoms with Crippen LogP contribution in [0.15, 0.2) is 29.3 Å². The number of carbonyl (C=O) groups is 1. The summed E-state index contributed by atoms with van der Waals surface area (Å²) in [6.45, 7) is 2.45. The number of rotatable bonds is 4. The number of ether oxygens (including phenoxy) is 1. The number of nitrogens with zero attached hydrogens (tertiary/aromatic N) is 1. The van der Waals surface area contributed by atoms with Gasteiger partial charge < -0.3 is 4.74 Å². The highest BCUT2D eigenvalue weighted by Crippen LogP contribution is 2.28. The van der Waals surface area contributed by atoms with Crippen molar-refractivity contribution in [1.29, 1.82) is 0 Å². The largest absolute Gasteiger partial charge is 0.465 e. The maximum Gasteiger partial charge on any atom is 0.337 e. The lowest BCUT2D eigenvalue weighted by atomic mass is 10.1. The first-order valence-corrected chi connectivity index (χ1v) is 7.87. The second kappa shape index (κ2) is 5.66. The van der Waals surface area contributed by atoms with E-state index in [1.54, 1.807) is 24.4 Å². The zero-order valence-electron chi connectivity index (χ0n) is 11.5. The summed E-state index contributed by atoms with van der Waals surface area (Å²) in [5.74, 6) is -0.544. The summed E-state index contributed by atoms with van der Waals surface area (Å²) in [5.41, 5.74) is 0.825. The molecule has 0 radical (unpaired) electrons. The second-order valence-corrected chi connectivity index (χ2v) is 6.39. The third-order valence-corrected chi connectivity index (χ3v) is 5.00. The molecule has 1 aliphatic heterocycles. The molecular formula is C14H17NO4S. The third-order valence-electron chi connectivity index (χ3n) is 3.17. The molecule has 0 saturated heterocycles. The van der Waals surface area contributed by atoms with E-state index in [2.05, 4.69) is 4.74 Å². The number of carbonyl (C=O) groups excluding carboxylic acids is 1. The number of esters is 1. The minimum absolute atomic E-state index is 0.152. The SMILES string of the molecule is CCCCN1C=Cc2ccc(C(=O)OC)cc2S1(=O)=O. The Morgan fingerprint density at radius 2 is 2.10 bits per heavy atom. The standard InChI is InChI=1S/C14H17NO4S/c1-3-4-8-15-9-7-11-5-6-12(14(16)19-2)10-13(11)20(15,17)18/h5-7,9-10H,3-4,8H2,1-2H3. The van der Waals surface area contributed by atoms with Crippen molar-refractivity contribution in [1.82, 2.24) is 4.31 Å². The fourth-order valence-electron chi connectivity index (χ4n) is 2.02. The normalized spacial score (nSPS) is 15.8. The number of fused-ring (bicyclic) bond motifs is 1. The molecule has 0 fully saturated rings. The minimum Gasteiger partial charge on any atom is -0.465 e. The van der Waals surface area contributed by atoms with Crippen molar-refractivity contribution in [3.63, 3.8) is 0 Å². The van der Waals surface area contributed by atoms with Crippen LogP contribution in [0.25, 0.3) is 6.08 Å². The van der Waals surface area contributed by atoms with Gasteiger partial charge in [-0.1, -0.05) is 19.4 Å². The highest BCUT2D eigenvalue weighted by Gasteiger charge is 2.28. The Kier molecular flexibility index (Phi) is 4.13. The molecule has 0 spiro atoms. The molecule has 0 atom stereocenters. The fraction of sp³-hybridized carbons (Fsp3) is 0.357. The molecule has 6 heteroatoms. The molecule has 1 aromatic carbocycles. The minimum atomic E-state index is -3.58. The zero-order chi connectivity index (χ0) is 14.8. The molecule has 2 rings (SSSR count). The Labute approximate surface area is 118 Å². The van der Waals surface area contributed by atoms with Gasteiger partial charge in [-0.05, 0) is 30.2 Å². The van der Waals surface area contributed by atoms with Crippen LogP contribution in [0.2, 0.25) is 0 Å². The molecule has 20 heavy (non-hydrogen) atoms. The van der Waals surface area contributed by atoms with Crippen LogP contribution in [0.5, 0.6) is 0 Å². The van der Waals surface area contributed by atoms with Gasteiger partial charge in [-0.3, -0.25) is 4.31 Å². The van der Waals surface area contributed by atoms with Crippen molar-refractivity contribution in [2.75, 3.05) is 13.7 Å². The maximum absolute atomic E-state index is 12.5. The Hall–Kier alpha value is -1.82. The van der Waals surface area contributed by atoms with E-state index in [9.17, 15) is 13.2 Å². The van der Waals surface area contributed by atoms with Gasteiger partial charge in [0.2, 0.25) is 0 Å². The summed E-state index contributed by atoms with van der Waals surface area (Å²) >= 11 is 0. The average Bonchev–Trinajstić information content (AvgIpc) is 2.45. The predicted octanol–water partition coefficient (Wildman–Crippen LogP) is 2.25. The molecule has 0 bridgehead atoms. The molecule has 1 aliphatic rings. The first-order valence-electron chi connectivity index (χ1n) is 6.43. The van der Waals surface area contributed by atoms with Gasteiger partial charge in [0, 0.05) is 12.7 Å². The van der Waals surface area contributed by atoms with Crippen LogP contribution in [0.4, 0.5) is 0 Å². The number of hydrogen-bond donors (Lipinski definition) is 0. The van der Waals surface area contributed by atoms with Crippen LogP contribution < -0.4 is 0 Å². The van der Waals surface area contributed by atoms with E-state index in [1.807, 2.05) is 6.92 Å². The van der Waals surface area contributed by atoms with E-state index >= 15 is 0 Å². The van der Waals surface area contributed by atoms with Gasteiger partial charge in [0.05, 0.1) is 17.6 Å². The highest BCUT2D eigenvalue weighted by molar-refractivity contribution is 7.89. The van der Waals surface area contributed by atoms with Gasteiger partial charge >= 0.3 is 5.97 Å². The number of methoxy groups -OCH3 is 1. The van der Waals surface area contributed by atoms with Crippen LogP contribution in [0.3, 0.4) is 0 Å². The highest BCUT2D eigenvalue weighted by atomic mass is 32.2. The van der Waals surface area contributed by atoms with E-state index in [1.165, 1.54) is 17.5 Å². The zero-order valence-corrected chi connectivity index (χ0v) is 12.3. The van der Waals surface area contributed by atoms with Gasteiger partial charge in [0.1, 0.15) is 0 Å². The monoisotopic (exact) mass is 295 g/mol. The molecule has 0 saturated carbocycles. The van der Waals surface area contributed by atoms with Crippen LogP contribution in [-0.2, 0) is 14.8 Å². The molecule has 5 nitrogen and oxygen atoms in total. The van der Waals surface area contributed by atoms with Crippen LogP contribution in [0, 0.1) is 0 Å². The van der Waals surface area contributed by atoms with E-state index in [0.29, 0.717) is 12.1 Å². The topological polar surface area (TPSA) is 63.7 Å². The first-order chi connectivity index (χ1) is 9.50. The molecule has 1 heterocycles. The smallest absolute Gasteiger partial charge is 0.337 e. The van der Waals surface area contributed by atoms with Gasteiger partial charge in [-0.15, -0.1) is 0 Å². The Bertz CT molecular complexity index is 649. The maximum atomic E-state index is 12.5. The van der Waals surface area contributed by atoms with Crippen molar-refractivity contribution in [2.45, 2.75) is 24.7 Å². The molecule has 0 aliphatic carbocycles. The van der Waals surface area contributed by atoms with Crippen molar-refractivity contribution >= 4 is 22.1 Å². The van der Waals surface area contributed by atoms with Crippen LogP contribution in [0.1, 0.15) is 35.7 Å². The van der Waals surface area contributed by atoms with Crippen molar-refractivity contribution in [2.24, 2.45) is 0 Å². The molecular weight excluding hydrogens is 278 g/mol. The molecule has 0 amide bonds. The summed E-state index contributed by atoms with van der Waals surface area (Å²) in [5, 5.41) is 0. The Morgan fingerprint density at radius 1 is 1.35 bits per heavy atom. The quantitative estimate of drug-likeness (QED) is 0.799. The van der Waals surface area contributed by atoms with Gasteiger partial charge in [0.15, 0.2) is 0 Å². The van der Waals surface area contributed by atoms with Crippen molar-refractivity contribution in [3.05, 3.63) is 35.5 Å². The summed E-state index contributed by atoms with van der Waals surface area (Å²) in [6.07, 6.45) is 5.02. The molecule has 1 aromatic rings. The summed E-state index contributed by atoms with van der Waals surface area (Å²) < 4.78 is 30.9. The first kappa shape index (κ1) is 14.6. The second-order valence-electron chi connectivity index (χ2n) is 4.53. The van der Waals surface area contributed by atoms with Gasteiger partial charge in [0.25, 0.3) is 10.0 Å². The number of benzene rings is 1. The molecule has 0 N–H and O–H groups in total. The third kappa shape index (κ3) is 2.56. The summed E-state index contributed by atoms with van der Waals surface area (Å²) in [7, 11) is -2.31. The lowest BCUT2D eigenvalue weighted by Crippen LogP contribution is -2.29. The Morgan fingerprint density at radius 3 is 2.75 bits per heavy atom. The van der Waals surface area contributed by atoms with Gasteiger partial charge in [-0.25, -0.2) is 13.2 Å².